The summed E-state index contributed by atoms with van der Waals surface area (Å²) in [6.07, 6.45) is 0.227. The van der Waals surface area contributed by atoms with Gasteiger partial charge in [-0.05, 0) is 6.07 Å². The lowest BCUT2D eigenvalue weighted by Gasteiger charge is -2.11. The molecule has 22 heavy (non-hydrogen) atoms. The summed E-state index contributed by atoms with van der Waals surface area (Å²) in [5.74, 6) is 0.719. The fourth-order valence-corrected chi connectivity index (χ4v) is 3.13. The van der Waals surface area contributed by atoms with Crippen LogP contribution in [0.1, 0.15) is 6.42 Å². The van der Waals surface area contributed by atoms with Crippen molar-refractivity contribution in [2.24, 2.45) is 0 Å². The van der Waals surface area contributed by atoms with Crippen LogP contribution in [0.25, 0.3) is 10.8 Å². The van der Waals surface area contributed by atoms with Crippen molar-refractivity contribution in [3.63, 3.8) is 0 Å². The van der Waals surface area contributed by atoms with Gasteiger partial charge in [-0.25, -0.2) is 0 Å². The maximum absolute atomic E-state index is 11.3. The van der Waals surface area contributed by atoms with Crippen LogP contribution in [0.3, 0.4) is 0 Å². The predicted molar refractivity (Wildman–Crippen MR) is 84.5 cm³/mol. The number of hydrogen-bond donors (Lipinski definition) is 0. The summed E-state index contributed by atoms with van der Waals surface area (Å²) in [6, 6.07) is 8.52. The number of nitro benzene ring substituents is 1. The molecule has 0 bridgehead atoms. The highest BCUT2D eigenvalue weighted by Gasteiger charge is 2.19. The topological polar surface area (TPSA) is 78.7 Å². The molecule has 0 aliphatic heterocycles. The molecule has 2 aromatic rings. The molecule has 0 spiro atoms. The minimum Gasteiger partial charge on any atom is -0.495 e. The van der Waals surface area contributed by atoms with E-state index in [1.165, 1.54) is 32.0 Å². The smallest absolute Gasteiger partial charge is 0.306 e. The third kappa shape index (κ3) is 3.30. The van der Waals surface area contributed by atoms with Gasteiger partial charge in [0.15, 0.2) is 0 Å². The molecule has 0 radical (unpaired) electrons. The Morgan fingerprint density at radius 3 is 2.55 bits per heavy atom. The summed E-state index contributed by atoms with van der Waals surface area (Å²) >= 11 is 1.33. The molecule has 7 heteroatoms. The molecule has 0 heterocycles. The Hall–Kier alpha value is -2.28. The molecule has 0 aliphatic carbocycles. The van der Waals surface area contributed by atoms with E-state index in [2.05, 4.69) is 4.74 Å². The van der Waals surface area contributed by atoms with Gasteiger partial charge in [-0.3, -0.25) is 14.9 Å². The summed E-state index contributed by atoms with van der Waals surface area (Å²) in [4.78, 5) is 22.7. The van der Waals surface area contributed by atoms with E-state index in [4.69, 9.17) is 4.74 Å². The number of fused-ring (bicyclic) bond motifs is 1. The van der Waals surface area contributed by atoms with E-state index >= 15 is 0 Å². The third-order valence-corrected chi connectivity index (χ3v) is 4.15. The highest BCUT2D eigenvalue weighted by molar-refractivity contribution is 7.99. The Morgan fingerprint density at radius 2 is 1.95 bits per heavy atom. The number of benzene rings is 2. The van der Waals surface area contributed by atoms with Gasteiger partial charge in [0.1, 0.15) is 5.75 Å². The zero-order valence-corrected chi connectivity index (χ0v) is 13.0. The van der Waals surface area contributed by atoms with Crippen LogP contribution in [0.15, 0.2) is 35.2 Å². The monoisotopic (exact) mass is 321 g/mol. The Labute approximate surface area is 131 Å². The molecule has 116 valence electrons. The lowest BCUT2D eigenvalue weighted by molar-refractivity contribution is -0.383. The number of carbonyl (C=O) groups is 1. The van der Waals surface area contributed by atoms with Crippen LogP contribution < -0.4 is 4.74 Å². The maximum Gasteiger partial charge on any atom is 0.306 e. The fourth-order valence-electron chi connectivity index (χ4n) is 2.12. The van der Waals surface area contributed by atoms with E-state index < -0.39 is 4.92 Å². The average molecular weight is 321 g/mol. The van der Waals surface area contributed by atoms with Crippen molar-refractivity contribution in [3.8, 4) is 5.75 Å². The summed E-state index contributed by atoms with van der Waals surface area (Å²) < 4.78 is 10.0. The first kappa shape index (κ1) is 16.1. The van der Waals surface area contributed by atoms with Crippen LogP contribution in [0, 0.1) is 10.1 Å². The predicted octanol–water partition coefficient (Wildman–Crippen LogP) is 3.41. The number of thioether (sulfide) groups is 1. The number of ether oxygens (including phenoxy) is 2. The average Bonchev–Trinajstić information content (AvgIpc) is 2.53. The van der Waals surface area contributed by atoms with E-state index in [0.717, 1.165) is 0 Å². The van der Waals surface area contributed by atoms with Crippen molar-refractivity contribution in [1.29, 1.82) is 0 Å². The van der Waals surface area contributed by atoms with Crippen molar-refractivity contribution in [3.05, 3.63) is 40.4 Å². The van der Waals surface area contributed by atoms with Crippen LogP contribution in [-0.2, 0) is 9.53 Å². The SMILES string of the molecule is COC(=O)CCSc1cc([N+](=O)[O-])c2ccccc2c1OC. The number of esters is 1. The van der Waals surface area contributed by atoms with E-state index in [-0.39, 0.29) is 18.1 Å². The summed E-state index contributed by atoms with van der Waals surface area (Å²) in [5.41, 5.74) is 0.0250. The number of carbonyl (C=O) groups excluding carboxylic acids is 1. The van der Waals surface area contributed by atoms with E-state index in [0.29, 0.717) is 27.2 Å². The Kier molecular flexibility index (Phi) is 5.21. The van der Waals surface area contributed by atoms with Gasteiger partial charge in [0, 0.05) is 17.2 Å². The zero-order chi connectivity index (χ0) is 16.1. The van der Waals surface area contributed by atoms with E-state index in [9.17, 15) is 14.9 Å². The minimum atomic E-state index is -0.411. The molecular formula is C15H15NO5S. The quantitative estimate of drug-likeness (QED) is 0.351. The molecule has 0 atom stereocenters. The molecule has 0 unspecified atom stereocenters. The first-order chi connectivity index (χ1) is 10.6. The first-order valence-electron chi connectivity index (χ1n) is 6.52. The molecule has 0 aromatic heterocycles. The number of hydrogen-bond acceptors (Lipinski definition) is 6. The first-order valence-corrected chi connectivity index (χ1v) is 7.50. The molecular weight excluding hydrogens is 306 g/mol. The molecule has 0 aliphatic rings. The number of methoxy groups -OCH3 is 2. The van der Waals surface area contributed by atoms with Gasteiger partial charge in [-0.15, -0.1) is 11.8 Å². The number of nitro groups is 1. The normalized spacial score (nSPS) is 10.5. The summed E-state index contributed by atoms with van der Waals surface area (Å²) in [5, 5.41) is 12.5. The van der Waals surface area contributed by atoms with Crippen LogP contribution in [0.5, 0.6) is 5.75 Å². The number of non-ortho nitro benzene ring substituents is 1. The molecule has 0 N–H and O–H groups in total. The van der Waals surface area contributed by atoms with Gasteiger partial charge in [0.25, 0.3) is 5.69 Å². The summed E-state index contributed by atoms with van der Waals surface area (Å²) in [6.45, 7) is 0. The van der Waals surface area contributed by atoms with Crippen LogP contribution in [-0.4, -0.2) is 30.9 Å². The van der Waals surface area contributed by atoms with E-state index in [1.54, 1.807) is 24.3 Å². The maximum atomic E-state index is 11.3. The van der Waals surface area contributed by atoms with Crippen molar-refractivity contribution in [1.82, 2.24) is 0 Å². The van der Waals surface area contributed by atoms with Crippen molar-refractivity contribution >= 4 is 34.2 Å². The van der Waals surface area contributed by atoms with Crippen LogP contribution >= 0.6 is 11.8 Å². The van der Waals surface area contributed by atoms with Crippen LogP contribution in [0.2, 0.25) is 0 Å². The number of rotatable bonds is 6. The third-order valence-electron chi connectivity index (χ3n) is 3.13. The van der Waals surface area contributed by atoms with Crippen LogP contribution in [0.4, 0.5) is 5.69 Å². The van der Waals surface area contributed by atoms with Crippen molar-refractivity contribution in [2.45, 2.75) is 11.3 Å². The lowest BCUT2D eigenvalue weighted by atomic mass is 10.1. The highest BCUT2D eigenvalue weighted by Crippen LogP contribution is 2.41. The molecule has 0 amide bonds. The second-order valence-corrected chi connectivity index (χ2v) is 5.54. The second-order valence-electron chi connectivity index (χ2n) is 4.40. The van der Waals surface area contributed by atoms with Gasteiger partial charge in [-0.2, -0.15) is 0 Å². The molecule has 0 saturated carbocycles. The van der Waals surface area contributed by atoms with Gasteiger partial charge in [0.2, 0.25) is 0 Å². The van der Waals surface area contributed by atoms with Crippen molar-refractivity contribution < 1.29 is 19.2 Å². The van der Waals surface area contributed by atoms with Gasteiger partial charge in [0.05, 0.1) is 35.8 Å². The molecule has 2 aromatic carbocycles. The minimum absolute atomic E-state index is 0.0250. The summed E-state index contributed by atoms with van der Waals surface area (Å²) in [7, 11) is 2.85. The Balaban J connectivity index is 2.44. The highest BCUT2D eigenvalue weighted by atomic mass is 32.2. The largest absolute Gasteiger partial charge is 0.495 e. The lowest BCUT2D eigenvalue weighted by Crippen LogP contribution is -2.01. The number of nitrogens with zero attached hydrogens (tertiary/aromatic N) is 1. The Bertz CT molecular complexity index is 716. The standard InChI is InChI=1S/C15H15NO5S/c1-20-14(17)7-8-22-13-9-12(16(18)19)10-5-3-4-6-11(10)15(13)21-2/h3-6,9H,7-8H2,1-2H3. The Morgan fingerprint density at radius 1 is 1.27 bits per heavy atom. The van der Waals surface area contributed by atoms with Gasteiger partial charge in [-0.1, -0.05) is 18.2 Å². The van der Waals surface area contributed by atoms with Crippen molar-refractivity contribution in [2.75, 3.05) is 20.0 Å². The molecule has 0 saturated heterocycles. The molecule has 0 fully saturated rings. The van der Waals surface area contributed by atoms with E-state index in [1.807, 2.05) is 0 Å². The van der Waals surface area contributed by atoms with Gasteiger partial charge >= 0.3 is 5.97 Å². The molecule has 6 nitrogen and oxygen atoms in total. The van der Waals surface area contributed by atoms with Gasteiger partial charge < -0.3 is 9.47 Å². The molecule has 2 rings (SSSR count). The zero-order valence-electron chi connectivity index (χ0n) is 12.2. The fraction of sp³-hybridized carbons (Fsp3) is 0.267. The second kappa shape index (κ2) is 7.13.